The van der Waals surface area contributed by atoms with Crippen molar-refractivity contribution in [2.24, 2.45) is 0 Å². The van der Waals surface area contributed by atoms with Crippen molar-refractivity contribution in [1.82, 2.24) is 15.1 Å². The molecule has 1 aromatic heterocycles. The number of carbonyl (C=O) groups excluding carboxylic acids is 1. The first-order chi connectivity index (χ1) is 12.6. The van der Waals surface area contributed by atoms with Crippen LogP contribution in [0.3, 0.4) is 0 Å². The number of nitrogens with one attached hydrogen (secondary N) is 1. The molecule has 1 aromatic carbocycles. The number of ether oxygens (including phenoxy) is 1. The van der Waals surface area contributed by atoms with Gasteiger partial charge in [-0.3, -0.25) is 9.48 Å². The second-order valence-corrected chi connectivity index (χ2v) is 6.82. The van der Waals surface area contributed by atoms with Gasteiger partial charge in [0, 0.05) is 48.6 Å². The van der Waals surface area contributed by atoms with Crippen molar-refractivity contribution in [3.8, 4) is 0 Å². The quantitative estimate of drug-likeness (QED) is 0.802. The third-order valence-corrected chi connectivity index (χ3v) is 4.85. The van der Waals surface area contributed by atoms with E-state index in [4.69, 9.17) is 16.3 Å². The van der Waals surface area contributed by atoms with Crippen LogP contribution in [0.15, 0.2) is 18.2 Å². The molecule has 26 heavy (non-hydrogen) atoms. The van der Waals surface area contributed by atoms with Gasteiger partial charge < -0.3 is 10.1 Å². The summed E-state index contributed by atoms with van der Waals surface area (Å²) in [6.07, 6.45) is 2.81. The zero-order chi connectivity index (χ0) is 18.5. The van der Waals surface area contributed by atoms with E-state index in [0.29, 0.717) is 30.0 Å². The fourth-order valence-corrected chi connectivity index (χ4v) is 3.39. The lowest BCUT2D eigenvalue weighted by Crippen LogP contribution is -2.23. The SMILES string of the molecule is CCCn1nc(CCC(=O)NCc2ccc(F)cc2Cl)c2c1CCOC2. The number of amides is 1. The van der Waals surface area contributed by atoms with Crippen molar-refractivity contribution in [1.29, 1.82) is 0 Å². The summed E-state index contributed by atoms with van der Waals surface area (Å²) in [5.74, 6) is -0.472. The van der Waals surface area contributed by atoms with Crippen LogP contribution in [0.2, 0.25) is 5.02 Å². The van der Waals surface area contributed by atoms with Crippen molar-refractivity contribution < 1.29 is 13.9 Å². The molecular weight excluding hydrogens is 357 g/mol. The predicted octanol–water partition coefficient (Wildman–Crippen LogP) is 3.41. The molecule has 0 bridgehead atoms. The minimum atomic E-state index is -0.389. The molecule has 0 unspecified atom stereocenters. The number of aryl methyl sites for hydroxylation is 2. The summed E-state index contributed by atoms with van der Waals surface area (Å²) in [5, 5.41) is 7.83. The normalized spacial score (nSPS) is 13.5. The van der Waals surface area contributed by atoms with Gasteiger partial charge in [-0.25, -0.2) is 4.39 Å². The third kappa shape index (κ3) is 4.43. The van der Waals surface area contributed by atoms with Crippen molar-refractivity contribution in [2.75, 3.05) is 6.61 Å². The highest BCUT2D eigenvalue weighted by Crippen LogP contribution is 2.22. The Labute approximate surface area is 157 Å². The lowest BCUT2D eigenvalue weighted by molar-refractivity contribution is -0.121. The molecule has 2 aromatic rings. The monoisotopic (exact) mass is 379 g/mol. The zero-order valence-corrected chi connectivity index (χ0v) is 15.6. The maximum absolute atomic E-state index is 13.1. The minimum absolute atomic E-state index is 0.0825. The van der Waals surface area contributed by atoms with Crippen LogP contribution in [0.4, 0.5) is 4.39 Å². The second-order valence-electron chi connectivity index (χ2n) is 6.41. The van der Waals surface area contributed by atoms with Gasteiger partial charge in [0.25, 0.3) is 0 Å². The molecule has 1 N–H and O–H groups in total. The van der Waals surface area contributed by atoms with E-state index < -0.39 is 0 Å². The lowest BCUT2D eigenvalue weighted by atomic mass is 10.1. The van der Waals surface area contributed by atoms with E-state index >= 15 is 0 Å². The van der Waals surface area contributed by atoms with E-state index in [1.165, 1.54) is 17.8 Å². The maximum Gasteiger partial charge on any atom is 0.220 e. The number of rotatable bonds is 7. The highest BCUT2D eigenvalue weighted by molar-refractivity contribution is 6.31. The van der Waals surface area contributed by atoms with Gasteiger partial charge in [0.2, 0.25) is 5.91 Å². The smallest absolute Gasteiger partial charge is 0.220 e. The topological polar surface area (TPSA) is 56.2 Å². The van der Waals surface area contributed by atoms with Crippen LogP contribution in [0.1, 0.15) is 42.3 Å². The Morgan fingerprint density at radius 2 is 2.31 bits per heavy atom. The first-order valence-corrected chi connectivity index (χ1v) is 9.32. The Hall–Kier alpha value is -1.92. The standard InChI is InChI=1S/C19H23ClFN3O2/c1-2-8-24-18-7-9-26-12-15(18)17(23-24)5-6-19(25)22-11-13-3-4-14(21)10-16(13)20/h3-4,10H,2,5-9,11-12H2,1H3,(H,22,25). The molecule has 140 valence electrons. The molecular formula is C19H23ClFN3O2. The predicted molar refractivity (Wildman–Crippen MR) is 97.5 cm³/mol. The van der Waals surface area contributed by atoms with E-state index in [1.807, 2.05) is 0 Å². The van der Waals surface area contributed by atoms with Crippen LogP contribution in [0, 0.1) is 5.82 Å². The summed E-state index contributed by atoms with van der Waals surface area (Å²) in [5.41, 5.74) is 4.02. The van der Waals surface area contributed by atoms with E-state index in [1.54, 1.807) is 6.07 Å². The number of carbonyl (C=O) groups is 1. The van der Waals surface area contributed by atoms with Crippen molar-refractivity contribution in [3.05, 3.63) is 51.6 Å². The number of halogens is 2. The average molecular weight is 380 g/mol. The summed E-state index contributed by atoms with van der Waals surface area (Å²) in [6, 6.07) is 4.16. The van der Waals surface area contributed by atoms with Gasteiger partial charge >= 0.3 is 0 Å². The fraction of sp³-hybridized carbons (Fsp3) is 0.474. The minimum Gasteiger partial charge on any atom is -0.376 e. The molecule has 0 spiro atoms. The number of hydrogen-bond acceptors (Lipinski definition) is 3. The third-order valence-electron chi connectivity index (χ3n) is 4.49. The Morgan fingerprint density at radius 3 is 3.08 bits per heavy atom. The highest BCUT2D eigenvalue weighted by Gasteiger charge is 2.21. The Bertz CT molecular complexity index is 791. The molecule has 2 heterocycles. The van der Waals surface area contributed by atoms with E-state index in [0.717, 1.165) is 37.3 Å². The largest absolute Gasteiger partial charge is 0.376 e. The van der Waals surface area contributed by atoms with Gasteiger partial charge in [0.15, 0.2) is 0 Å². The van der Waals surface area contributed by atoms with Crippen molar-refractivity contribution in [3.63, 3.8) is 0 Å². The molecule has 0 saturated heterocycles. The van der Waals surface area contributed by atoms with Crippen LogP contribution in [-0.2, 0) is 42.1 Å². The Morgan fingerprint density at radius 1 is 1.46 bits per heavy atom. The first-order valence-electron chi connectivity index (χ1n) is 8.94. The van der Waals surface area contributed by atoms with Crippen LogP contribution in [-0.4, -0.2) is 22.3 Å². The maximum atomic E-state index is 13.1. The molecule has 1 amide bonds. The fourth-order valence-electron chi connectivity index (χ4n) is 3.16. The number of nitrogens with zero attached hydrogens (tertiary/aromatic N) is 2. The zero-order valence-electron chi connectivity index (χ0n) is 14.9. The van der Waals surface area contributed by atoms with Gasteiger partial charge in [0.05, 0.1) is 18.9 Å². The van der Waals surface area contributed by atoms with Crippen LogP contribution < -0.4 is 5.32 Å². The Balaban J connectivity index is 1.57. The summed E-state index contributed by atoms with van der Waals surface area (Å²) in [4.78, 5) is 12.2. The molecule has 0 radical (unpaired) electrons. The number of hydrogen-bond donors (Lipinski definition) is 1. The molecule has 0 atom stereocenters. The summed E-state index contributed by atoms with van der Waals surface area (Å²) in [6.45, 7) is 4.59. The van der Waals surface area contributed by atoms with Gasteiger partial charge in [0.1, 0.15) is 5.82 Å². The molecule has 7 heteroatoms. The van der Waals surface area contributed by atoms with Gasteiger partial charge in [-0.05, 0) is 24.1 Å². The summed E-state index contributed by atoms with van der Waals surface area (Å²) in [7, 11) is 0. The van der Waals surface area contributed by atoms with Gasteiger partial charge in [-0.15, -0.1) is 0 Å². The Kier molecular flexibility index (Phi) is 6.27. The molecule has 3 rings (SSSR count). The molecule has 0 fully saturated rings. The van der Waals surface area contributed by atoms with Crippen LogP contribution in [0.5, 0.6) is 0 Å². The first kappa shape index (κ1) is 18.9. The van der Waals surface area contributed by atoms with Crippen LogP contribution in [0.25, 0.3) is 0 Å². The van der Waals surface area contributed by atoms with Gasteiger partial charge in [-0.2, -0.15) is 5.10 Å². The van der Waals surface area contributed by atoms with Crippen molar-refractivity contribution in [2.45, 2.75) is 52.3 Å². The molecule has 0 aliphatic carbocycles. The van der Waals surface area contributed by atoms with E-state index in [-0.39, 0.29) is 18.3 Å². The lowest BCUT2D eigenvalue weighted by Gasteiger charge is -2.14. The van der Waals surface area contributed by atoms with E-state index in [2.05, 4.69) is 22.0 Å². The number of aromatic nitrogens is 2. The number of fused-ring (bicyclic) bond motifs is 1. The molecule has 1 aliphatic rings. The average Bonchev–Trinajstić information content (AvgIpc) is 2.98. The van der Waals surface area contributed by atoms with Crippen LogP contribution >= 0.6 is 11.6 Å². The molecule has 5 nitrogen and oxygen atoms in total. The van der Waals surface area contributed by atoms with Crippen molar-refractivity contribution >= 4 is 17.5 Å². The summed E-state index contributed by atoms with van der Waals surface area (Å²) >= 11 is 5.98. The highest BCUT2D eigenvalue weighted by atomic mass is 35.5. The van der Waals surface area contributed by atoms with Gasteiger partial charge in [-0.1, -0.05) is 24.6 Å². The molecule has 1 aliphatic heterocycles. The second kappa shape index (κ2) is 8.64. The number of benzene rings is 1. The summed E-state index contributed by atoms with van der Waals surface area (Å²) < 4.78 is 20.7. The van der Waals surface area contributed by atoms with E-state index in [9.17, 15) is 9.18 Å². The molecule has 0 saturated carbocycles.